The van der Waals surface area contributed by atoms with E-state index in [9.17, 15) is 9.59 Å². The van der Waals surface area contributed by atoms with E-state index in [1.165, 1.54) is 0 Å². The molecule has 26 heavy (non-hydrogen) atoms. The molecular weight excluding hydrogens is 336 g/mol. The zero-order valence-electron chi connectivity index (χ0n) is 14.3. The van der Waals surface area contributed by atoms with Crippen molar-refractivity contribution in [3.05, 3.63) is 65.9 Å². The molecule has 0 radical (unpaired) electrons. The average Bonchev–Trinajstić information content (AvgIpc) is 3.04. The van der Waals surface area contributed by atoms with Gasteiger partial charge in [0.15, 0.2) is 6.61 Å². The van der Waals surface area contributed by atoms with E-state index in [4.69, 9.17) is 18.6 Å². The van der Waals surface area contributed by atoms with Gasteiger partial charge in [-0.15, -0.1) is 0 Å². The number of hydrogen-bond donors (Lipinski definition) is 0. The monoisotopic (exact) mass is 354 g/mol. The Morgan fingerprint density at radius 2 is 1.69 bits per heavy atom. The van der Waals surface area contributed by atoms with Crippen molar-refractivity contribution >= 4 is 22.9 Å². The Balaban J connectivity index is 1.82. The molecule has 0 aliphatic heterocycles. The third kappa shape index (κ3) is 4.03. The van der Waals surface area contributed by atoms with Crippen LogP contribution < -0.4 is 4.74 Å². The van der Waals surface area contributed by atoms with Gasteiger partial charge >= 0.3 is 11.9 Å². The van der Waals surface area contributed by atoms with Crippen LogP contribution in [0.3, 0.4) is 0 Å². The van der Waals surface area contributed by atoms with Crippen LogP contribution in [-0.2, 0) is 20.9 Å². The predicted molar refractivity (Wildman–Crippen MR) is 93.9 cm³/mol. The maximum absolute atomic E-state index is 12.4. The minimum atomic E-state index is -0.735. The standard InChI is InChI=1S/C20H18O6/c1-2-23-18(21)13-25-20(22)19-16(12-24-14-8-4-3-5-9-14)15-10-6-7-11-17(15)26-19/h3-11H,2,12-13H2,1H3. The number of esters is 2. The van der Waals surface area contributed by atoms with Crippen molar-refractivity contribution in [2.45, 2.75) is 13.5 Å². The number of furan rings is 1. The normalized spacial score (nSPS) is 10.5. The molecule has 0 fully saturated rings. The third-order valence-corrected chi connectivity index (χ3v) is 3.64. The van der Waals surface area contributed by atoms with Crippen molar-refractivity contribution in [3.8, 4) is 5.75 Å². The van der Waals surface area contributed by atoms with Gasteiger partial charge in [0.2, 0.25) is 5.76 Å². The molecule has 3 rings (SSSR count). The second-order valence-electron chi connectivity index (χ2n) is 5.39. The number of carbonyl (C=O) groups is 2. The van der Waals surface area contributed by atoms with Crippen LogP contribution in [0.2, 0.25) is 0 Å². The van der Waals surface area contributed by atoms with Gasteiger partial charge in [-0.25, -0.2) is 9.59 Å². The minimum Gasteiger partial charge on any atom is -0.489 e. The second kappa shape index (κ2) is 8.20. The Hall–Kier alpha value is -3.28. The van der Waals surface area contributed by atoms with Crippen molar-refractivity contribution in [3.63, 3.8) is 0 Å². The van der Waals surface area contributed by atoms with E-state index in [1.807, 2.05) is 42.5 Å². The van der Waals surface area contributed by atoms with E-state index in [0.717, 1.165) is 5.39 Å². The Morgan fingerprint density at radius 1 is 0.962 bits per heavy atom. The number of carbonyl (C=O) groups excluding carboxylic acids is 2. The molecule has 0 saturated carbocycles. The smallest absolute Gasteiger partial charge is 0.375 e. The van der Waals surface area contributed by atoms with Gasteiger partial charge in [-0.3, -0.25) is 0 Å². The summed E-state index contributed by atoms with van der Waals surface area (Å²) in [7, 11) is 0. The molecule has 3 aromatic rings. The summed E-state index contributed by atoms with van der Waals surface area (Å²) in [6.07, 6.45) is 0. The third-order valence-electron chi connectivity index (χ3n) is 3.64. The van der Waals surface area contributed by atoms with Crippen LogP contribution in [0.1, 0.15) is 23.0 Å². The summed E-state index contributed by atoms with van der Waals surface area (Å²) in [6, 6.07) is 16.5. The molecule has 134 valence electrons. The Bertz CT molecular complexity index is 897. The Morgan fingerprint density at radius 3 is 2.46 bits per heavy atom. The lowest BCUT2D eigenvalue weighted by atomic mass is 10.1. The van der Waals surface area contributed by atoms with E-state index in [1.54, 1.807) is 19.1 Å². The number of rotatable bonds is 7. The van der Waals surface area contributed by atoms with Crippen molar-refractivity contribution < 1.29 is 28.2 Å². The molecule has 1 heterocycles. The maximum atomic E-state index is 12.4. The highest BCUT2D eigenvalue weighted by Crippen LogP contribution is 2.28. The Kier molecular flexibility index (Phi) is 5.53. The topological polar surface area (TPSA) is 75.0 Å². The van der Waals surface area contributed by atoms with Crippen molar-refractivity contribution in [2.24, 2.45) is 0 Å². The number of ether oxygens (including phenoxy) is 3. The van der Waals surface area contributed by atoms with Crippen LogP contribution in [-0.4, -0.2) is 25.2 Å². The quantitative estimate of drug-likeness (QED) is 0.602. The first kappa shape index (κ1) is 17.5. The van der Waals surface area contributed by atoms with Gasteiger partial charge in [-0.05, 0) is 25.1 Å². The average molecular weight is 354 g/mol. The van der Waals surface area contributed by atoms with Crippen LogP contribution in [0, 0.1) is 0 Å². The van der Waals surface area contributed by atoms with Gasteiger partial charge in [0, 0.05) is 5.39 Å². The summed E-state index contributed by atoms with van der Waals surface area (Å²) >= 11 is 0. The van der Waals surface area contributed by atoms with Crippen LogP contribution in [0.4, 0.5) is 0 Å². The number of hydrogen-bond acceptors (Lipinski definition) is 6. The summed E-state index contributed by atoms with van der Waals surface area (Å²) in [5.74, 6) is -0.657. The molecule has 0 N–H and O–H groups in total. The first-order valence-electron chi connectivity index (χ1n) is 8.20. The highest BCUT2D eigenvalue weighted by atomic mass is 16.6. The van der Waals surface area contributed by atoms with Gasteiger partial charge in [-0.1, -0.05) is 36.4 Å². The summed E-state index contributed by atoms with van der Waals surface area (Å²) in [5, 5.41) is 0.756. The van der Waals surface area contributed by atoms with Gasteiger partial charge in [0.25, 0.3) is 0 Å². The van der Waals surface area contributed by atoms with Gasteiger partial charge in [0.1, 0.15) is 17.9 Å². The zero-order chi connectivity index (χ0) is 18.4. The molecular formula is C20H18O6. The van der Waals surface area contributed by atoms with Gasteiger partial charge in [0.05, 0.1) is 12.2 Å². The van der Waals surface area contributed by atoms with Crippen LogP contribution in [0.15, 0.2) is 59.0 Å². The van der Waals surface area contributed by atoms with E-state index in [-0.39, 0.29) is 19.0 Å². The molecule has 1 aromatic heterocycles. The van der Waals surface area contributed by atoms with E-state index < -0.39 is 18.5 Å². The van der Waals surface area contributed by atoms with Gasteiger partial charge < -0.3 is 18.6 Å². The molecule has 0 bridgehead atoms. The van der Waals surface area contributed by atoms with Crippen LogP contribution >= 0.6 is 0 Å². The van der Waals surface area contributed by atoms with Crippen molar-refractivity contribution in [2.75, 3.05) is 13.2 Å². The molecule has 0 amide bonds. The van der Waals surface area contributed by atoms with E-state index >= 15 is 0 Å². The van der Waals surface area contributed by atoms with E-state index in [0.29, 0.717) is 16.9 Å². The number of para-hydroxylation sites is 2. The van der Waals surface area contributed by atoms with Crippen molar-refractivity contribution in [1.82, 2.24) is 0 Å². The lowest BCUT2D eigenvalue weighted by Gasteiger charge is -2.07. The first-order valence-corrected chi connectivity index (χ1v) is 8.20. The second-order valence-corrected chi connectivity index (χ2v) is 5.39. The molecule has 6 heteroatoms. The fourth-order valence-corrected chi connectivity index (χ4v) is 2.47. The highest BCUT2D eigenvalue weighted by Gasteiger charge is 2.23. The lowest BCUT2D eigenvalue weighted by molar-refractivity contribution is -0.146. The maximum Gasteiger partial charge on any atom is 0.375 e. The molecule has 0 saturated heterocycles. The first-order chi connectivity index (χ1) is 12.7. The van der Waals surface area contributed by atoms with Crippen LogP contribution in [0.25, 0.3) is 11.0 Å². The summed E-state index contributed by atoms with van der Waals surface area (Å²) < 4.78 is 21.1. The summed E-state index contributed by atoms with van der Waals surface area (Å²) in [4.78, 5) is 23.8. The summed E-state index contributed by atoms with van der Waals surface area (Å²) in [5.41, 5.74) is 1.11. The van der Waals surface area contributed by atoms with Crippen LogP contribution in [0.5, 0.6) is 5.75 Å². The van der Waals surface area contributed by atoms with E-state index in [2.05, 4.69) is 0 Å². The zero-order valence-corrected chi connectivity index (χ0v) is 14.3. The van der Waals surface area contributed by atoms with Gasteiger partial charge in [-0.2, -0.15) is 0 Å². The predicted octanol–water partition coefficient (Wildman–Crippen LogP) is 3.73. The molecule has 0 aliphatic carbocycles. The lowest BCUT2D eigenvalue weighted by Crippen LogP contribution is -2.17. The molecule has 0 unspecified atom stereocenters. The van der Waals surface area contributed by atoms with Crippen molar-refractivity contribution in [1.29, 1.82) is 0 Å². The molecule has 0 aliphatic rings. The fraction of sp³-hybridized carbons (Fsp3) is 0.200. The SMILES string of the molecule is CCOC(=O)COC(=O)c1oc2ccccc2c1COc1ccccc1. The number of benzene rings is 2. The molecule has 6 nitrogen and oxygen atoms in total. The molecule has 0 atom stereocenters. The number of fused-ring (bicyclic) bond motifs is 1. The fourth-order valence-electron chi connectivity index (χ4n) is 2.47. The molecule has 2 aromatic carbocycles. The minimum absolute atomic E-state index is 0.0198. The Labute approximate surface area is 150 Å². The highest BCUT2D eigenvalue weighted by molar-refractivity contribution is 5.96. The largest absolute Gasteiger partial charge is 0.489 e. The molecule has 0 spiro atoms. The summed E-state index contributed by atoms with van der Waals surface area (Å²) in [6.45, 7) is 1.56.